The van der Waals surface area contributed by atoms with Crippen molar-refractivity contribution < 1.29 is 0 Å². The quantitative estimate of drug-likeness (QED) is 0.866. The van der Waals surface area contributed by atoms with Gasteiger partial charge in [-0.05, 0) is 30.7 Å². The third-order valence-electron chi connectivity index (χ3n) is 3.04. The number of nitrogens with two attached hydrogens (primary N) is 1. The largest absolute Gasteiger partial charge is 0.368 e. The van der Waals surface area contributed by atoms with Gasteiger partial charge in [0.05, 0.1) is 0 Å². The molecule has 0 amide bonds. The van der Waals surface area contributed by atoms with Crippen molar-refractivity contribution in [2.24, 2.45) is 0 Å². The third kappa shape index (κ3) is 2.87. The Morgan fingerprint density at radius 2 is 1.89 bits per heavy atom. The smallest absolute Gasteiger partial charge is 0.223 e. The van der Waals surface area contributed by atoms with E-state index in [0.717, 1.165) is 30.0 Å². The number of rotatable bonds is 4. The zero-order valence-electron chi connectivity index (χ0n) is 10.8. The maximum absolute atomic E-state index is 5.77. The lowest BCUT2D eigenvalue weighted by Gasteiger charge is -2.05. The minimum Gasteiger partial charge on any atom is -0.368 e. The third-order valence-corrected chi connectivity index (χ3v) is 3.93. The van der Waals surface area contributed by atoms with Gasteiger partial charge in [0.1, 0.15) is 5.82 Å². The Balaban J connectivity index is 1.92. The van der Waals surface area contributed by atoms with Crippen LogP contribution >= 0.6 is 11.8 Å². The maximum Gasteiger partial charge on any atom is 0.223 e. The summed E-state index contributed by atoms with van der Waals surface area (Å²) in [6, 6.07) is 8.29. The fourth-order valence-corrected chi connectivity index (χ4v) is 2.59. The Hall–Kier alpha value is -1.62. The van der Waals surface area contributed by atoms with Crippen LogP contribution in [0.2, 0.25) is 0 Å². The molecule has 0 saturated heterocycles. The van der Waals surface area contributed by atoms with Crippen LogP contribution in [0.3, 0.4) is 0 Å². The van der Waals surface area contributed by atoms with E-state index in [1.54, 1.807) is 0 Å². The molecule has 0 radical (unpaired) electrons. The Labute approximate surface area is 116 Å². The Bertz CT molecular complexity index is 578. The van der Waals surface area contributed by atoms with Gasteiger partial charge in [0.25, 0.3) is 0 Å². The number of hydrogen-bond acceptors (Lipinski definition) is 5. The number of anilines is 1. The van der Waals surface area contributed by atoms with Crippen molar-refractivity contribution in [2.75, 3.05) is 11.5 Å². The number of nitrogen functional groups attached to an aromatic ring is 1. The highest BCUT2D eigenvalue weighted by molar-refractivity contribution is 7.99. The molecule has 0 spiro atoms. The van der Waals surface area contributed by atoms with Gasteiger partial charge >= 0.3 is 0 Å². The van der Waals surface area contributed by atoms with Crippen LogP contribution in [0.15, 0.2) is 29.2 Å². The van der Waals surface area contributed by atoms with Crippen LogP contribution in [-0.2, 0) is 0 Å². The first-order chi connectivity index (χ1) is 9.26. The molecule has 1 heterocycles. The first kappa shape index (κ1) is 12.4. The van der Waals surface area contributed by atoms with E-state index >= 15 is 0 Å². The van der Waals surface area contributed by atoms with Crippen LogP contribution in [0.4, 0.5) is 5.95 Å². The summed E-state index contributed by atoms with van der Waals surface area (Å²) in [5, 5.41) is 0. The van der Waals surface area contributed by atoms with Gasteiger partial charge in [-0.25, -0.2) is 4.98 Å². The van der Waals surface area contributed by atoms with E-state index in [2.05, 4.69) is 34.0 Å². The standard InChI is InChI=1S/C14H16N4S/c1-2-19-11-7-5-10(6-8-11)13-16-12(9-3-4-9)17-14(15)18-13/h5-9H,2-4H2,1H3,(H2,15,16,17,18). The molecule has 0 bridgehead atoms. The van der Waals surface area contributed by atoms with Gasteiger partial charge in [0.15, 0.2) is 5.82 Å². The minimum atomic E-state index is 0.318. The molecule has 4 nitrogen and oxygen atoms in total. The van der Waals surface area contributed by atoms with Crippen molar-refractivity contribution in [1.29, 1.82) is 0 Å². The lowest BCUT2D eigenvalue weighted by molar-refractivity contribution is 0.902. The van der Waals surface area contributed by atoms with Crippen molar-refractivity contribution in [2.45, 2.75) is 30.6 Å². The highest BCUT2D eigenvalue weighted by Gasteiger charge is 2.27. The molecule has 1 aliphatic rings. The highest BCUT2D eigenvalue weighted by Crippen LogP contribution is 2.38. The van der Waals surface area contributed by atoms with Gasteiger partial charge in [-0.2, -0.15) is 9.97 Å². The van der Waals surface area contributed by atoms with Gasteiger partial charge in [-0.1, -0.05) is 19.1 Å². The molecule has 1 aromatic carbocycles. The average molecular weight is 272 g/mol. The molecule has 1 aliphatic carbocycles. The summed E-state index contributed by atoms with van der Waals surface area (Å²) in [6.07, 6.45) is 2.32. The topological polar surface area (TPSA) is 64.7 Å². The number of thioether (sulfide) groups is 1. The predicted octanol–water partition coefficient (Wildman–Crippen LogP) is 3.11. The molecule has 0 unspecified atom stereocenters. The van der Waals surface area contributed by atoms with Crippen LogP contribution in [0.25, 0.3) is 11.4 Å². The van der Waals surface area contributed by atoms with Crippen molar-refractivity contribution >= 4 is 17.7 Å². The molecule has 2 N–H and O–H groups in total. The molecule has 98 valence electrons. The summed E-state index contributed by atoms with van der Waals surface area (Å²) >= 11 is 1.82. The molecule has 0 aliphatic heterocycles. The van der Waals surface area contributed by atoms with Crippen molar-refractivity contribution in [3.8, 4) is 11.4 Å². The fraction of sp³-hybridized carbons (Fsp3) is 0.357. The van der Waals surface area contributed by atoms with Gasteiger partial charge in [0.2, 0.25) is 5.95 Å². The number of hydrogen-bond donors (Lipinski definition) is 1. The van der Waals surface area contributed by atoms with Crippen LogP contribution in [0.5, 0.6) is 0 Å². The van der Waals surface area contributed by atoms with Gasteiger partial charge in [-0.3, -0.25) is 0 Å². The van der Waals surface area contributed by atoms with Crippen LogP contribution in [0.1, 0.15) is 31.5 Å². The molecule has 3 rings (SSSR count). The van der Waals surface area contributed by atoms with E-state index < -0.39 is 0 Å². The molecule has 0 atom stereocenters. The maximum atomic E-state index is 5.77. The Kier molecular flexibility index (Phi) is 3.38. The van der Waals surface area contributed by atoms with Crippen LogP contribution in [-0.4, -0.2) is 20.7 Å². The van der Waals surface area contributed by atoms with Crippen molar-refractivity contribution in [3.63, 3.8) is 0 Å². The van der Waals surface area contributed by atoms with E-state index in [9.17, 15) is 0 Å². The van der Waals surface area contributed by atoms with Gasteiger partial charge in [-0.15, -0.1) is 11.8 Å². The second-order valence-corrected chi connectivity index (χ2v) is 5.94. The second kappa shape index (κ2) is 5.17. The summed E-state index contributed by atoms with van der Waals surface area (Å²) in [4.78, 5) is 14.3. The lowest BCUT2D eigenvalue weighted by Crippen LogP contribution is -2.04. The second-order valence-electron chi connectivity index (χ2n) is 4.61. The zero-order valence-corrected chi connectivity index (χ0v) is 11.7. The van der Waals surface area contributed by atoms with Crippen molar-refractivity contribution in [1.82, 2.24) is 15.0 Å². The molecular weight excluding hydrogens is 256 g/mol. The molecule has 5 heteroatoms. The first-order valence-electron chi connectivity index (χ1n) is 6.51. The SMILES string of the molecule is CCSc1ccc(-c2nc(N)nc(C3CC3)n2)cc1. The number of nitrogens with zero attached hydrogens (tertiary/aromatic N) is 3. The van der Waals surface area contributed by atoms with E-state index in [0.29, 0.717) is 17.7 Å². The van der Waals surface area contributed by atoms with Crippen LogP contribution < -0.4 is 5.73 Å². The summed E-state index contributed by atoms with van der Waals surface area (Å²) in [6.45, 7) is 2.15. The lowest BCUT2D eigenvalue weighted by atomic mass is 10.2. The zero-order chi connectivity index (χ0) is 13.2. The Morgan fingerprint density at radius 3 is 2.53 bits per heavy atom. The highest BCUT2D eigenvalue weighted by atomic mass is 32.2. The van der Waals surface area contributed by atoms with E-state index in [1.807, 2.05) is 23.9 Å². The predicted molar refractivity (Wildman–Crippen MR) is 78.0 cm³/mol. The summed E-state index contributed by atoms with van der Waals surface area (Å²) < 4.78 is 0. The van der Waals surface area contributed by atoms with Gasteiger partial charge in [0, 0.05) is 16.4 Å². The average Bonchev–Trinajstić information content (AvgIpc) is 3.23. The molecular formula is C14H16N4S. The molecule has 2 aromatic rings. The minimum absolute atomic E-state index is 0.318. The number of aromatic nitrogens is 3. The summed E-state index contributed by atoms with van der Waals surface area (Å²) in [5.41, 5.74) is 6.77. The van der Waals surface area contributed by atoms with Gasteiger partial charge < -0.3 is 5.73 Å². The number of benzene rings is 1. The first-order valence-corrected chi connectivity index (χ1v) is 7.49. The van der Waals surface area contributed by atoms with E-state index in [1.165, 1.54) is 4.90 Å². The summed E-state index contributed by atoms with van der Waals surface area (Å²) in [7, 11) is 0. The molecule has 1 saturated carbocycles. The molecule has 1 fully saturated rings. The summed E-state index contributed by atoms with van der Waals surface area (Å²) in [5.74, 6) is 3.40. The molecule has 1 aromatic heterocycles. The van der Waals surface area contributed by atoms with Crippen LogP contribution in [0, 0.1) is 0 Å². The van der Waals surface area contributed by atoms with Crippen molar-refractivity contribution in [3.05, 3.63) is 30.1 Å². The monoisotopic (exact) mass is 272 g/mol. The Morgan fingerprint density at radius 1 is 1.16 bits per heavy atom. The molecule has 19 heavy (non-hydrogen) atoms. The van der Waals surface area contributed by atoms with E-state index in [4.69, 9.17) is 5.73 Å². The normalized spacial score (nSPS) is 14.6. The van der Waals surface area contributed by atoms with E-state index in [-0.39, 0.29) is 0 Å². The fourth-order valence-electron chi connectivity index (χ4n) is 1.93.